The number of nitrogens with zero attached hydrogens (tertiary/aromatic N) is 3. The molecule has 3 rings (SSSR count). The first-order valence-electron chi connectivity index (χ1n) is 8.71. The summed E-state index contributed by atoms with van der Waals surface area (Å²) in [5, 5.41) is 13.2. The van der Waals surface area contributed by atoms with Crippen molar-refractivity contribution < 1.29 is 9.90 Å². The maximum Gasteiger partial charge on any atom is 0.335 e. The van der Waals surface area contributed by atoms with Crippen molar-refractivity contribution in [1.29, 1.82) is 0 Å². The number of benzene rings is 1. The number of aromatic carboxylic acids is 1. The Kier molecular flexibility index (Phi) is 8.59. The van der Waals surface area contributed by atoms with Crippen LogP contribution in [0.1, 0.15) is 61.3 Å². The third kappa shape index (κ3) is 5.45. The number of aromatic nitrogens is 3. The minimum Gasteiger partial charge on any atom is -0.478 e. The first-order chi connectivity index (χ1) is 12.6. The number of carboxylic acid groups (broad SMARTS) is 1. The van der Waals surface area contributed by atoms with Crippen LogP contribution in [0.15, 0.2) is 42.7 Å². The lowest BCUT2D eigenvalue weighted by Crippen LogP contribution is -1.97. The van der Waals surface area contributed by atoms with Gasteiger partial charge in [0.25, 0.3) is 0 Å². The SMILES string of the molecule is CC.CCC.Cc1ccc(C(=O)O)cc1C#Cc1cnc2cccnn12. The Balaban J connectivity index is 0.000000615. The molecule has 0 amide bonds. The molecule has 0 aliphatic carbocycles. The first-order valence-corrected chi connectivity index (χ1v) is 8.71. The van der Waals surface area contributed by atoms with Crippen molar-refractivity contribution in [3.8, 4) is 11.8 Å². The van der Waals surface area contributed by atoms with Crippen LogP contribution in [0.5, 0.6) is 0 Å². The number of hydrogen-bond donors (Lipinski definition) is 1. The van der Waals surface area contributed by atoms with Crippen molar-refractivity contribution in [1.82, 2.24) is 14.6 Å². The van der Waals surface area contributed by atoms with Crippen LogP contribution < -0.4 is 0 Å². The van der Waals surface area contributed by atoms with E-state index in [1.54, 1.807) is 41.2 Å². The lowest BCUT2D eigenvalue weighted by molar-refractivity contribution is 0.0697. The molecule has 1 aromatic carbocycles. The van der Waals surface area contributed by atoms with Crippen molar-refractivity contribution in [2.24, 2.45) is 0 Å². The highest BCUT2D eigenvalue weighted by Gasteiger charge is 2.05. The maximum atomic E-state index is 11.0. The van der Waals surface area contributed by atoms with Crippen LogP contribution >= 0.6 is 0 Å². The van der Waals surface area contributed by atoms with E-state index in [1.165, 1.54) is 6.42 Å². The summed E-state index contributed by atoms with van der Waals surface area (Å²) in [4.78, 5) is 15.2. The lowest BCUT2D eigenvalue weighted by atomic mass is 10.1. The summed E-state index contributed by atoms with van der Waals surface area (Å²) in [6, 6.07) is 8.54. The van der Waals surface area contributed by atoms with Crippen molar-refractivity contribution >= 4 is 11.6 Å². The molecular weight excluding hydrogens is 326 g/mol. The van der Waals surface area contributed by atoms with Gasteiger partial charge in [0.15, 0.2) is 5.65 Å². The van der Waals surface area contributed by atoms with Gasteiger partial charge in [0.05, 0.1) is 11.8 Å². The molecule has 26 heavy (non-hydrogen) atoms. The van der Waals surface area contributed by atoms with Gasteiger partial charge in [-0.05, 0) is 42.7 Å². The first kappa shape index (κ1) is 20.9. The van der Waals surface area contributed by atoms with Crippen LogP contribution in [0.4, 0.5) is 0 Å². The molecule has 0 saturated carbocycles. The molecule has 0 bridgehead atoms. The maximum absolute atomic E-state index is 11.0. The molecule has 0 saturated heterocycles. The third-order valence-electron chi connectivity index (χ3n) is 3.09. The molecule has 0 aliphatic heterocycles. The van der Waals surface area contributed by atoms with Gasteiger partial charge in [0.1, 0.15) is 5.69 Å². The summed E-state index contributed by atoms with van der Waals surface area (Å²) in [7, 11) is 0. The summed E-state index contributed by atoms with van der Waals surface area (Å²) in [5.41, 5.74) is 3.21. The number of aryl methyl sites for hydroxylation is 1. The molecule has 5 heteroatoms. The van der Waals surface area contributed by atoms with E-state index in [1.807, 2.05) is 26.8 Å². The van der Waals surface area contributed by atoms with Crippen molar-refractivity contribution in [2.45, 2.75) is 41.0 Å². The molecule has 5 nitrogen and oxygen atoms in total. The minimum atomic E-state index is -0.963. The predicted molar refractivity (Wildman–Crippen MR) is 104 cm³/mol. The van der Waals surface area contributed by atoms with Crippen molar-refractivity contribution in [3.05, 3.63) is 65.1 Å². The van der Waals surface area contributed by atoms with E-state index < -0.39 is 5.97 Å². The highest BCUT2D eigenvalue weighted by Crippen LogP contribution is 2.11. The summed E-state index contributed by atoms with van der Waals surface area (Å²) < 4.78 is 1.64. The fourth-order valence-corrected chi connectivity index (χ4v) is 1.94. The lowest BCUT2D eigenvalue weighted by Gasteiger charge is -1.99. The van der Waals surface area contributed by atoms with Gasteiger partial charge in [0.2, 0.25) is 0 Å². The van der Waals surface area contributed by atoms with Crippen LogP contribution in [-0.2, 0) is 0 Å². The van der Waals surface area contributed by atoms with Crippen LogP contribution in [0.3, 0.4) is 0 Å². The predicted octanol–water partition coefficient (Wildman–Crippen LogP) is 4.58. The Morgan fingerprint density at radius 3 is 2.54 bits per heavy atom. The van der Waals surface area contributed by atoms with E-state index in [2.05, 4.69) is 35.8 Å². The Hall–Kier alpha value is -3.13. The van der Waals surface area contributed by atoms with Crippen molar-refractivity contribution in [2.75, 3.05) is 0 Å². The summed E-state index contributed by atoms with van der Waals surface area (Å²) in [6.45, 7) is 10.1. The summed E-state index contributed by atoms with van der Waals surface area (Å²) in [6.07, 6.45) is 4.56. The summed E-state index contributed by atoms with van der Waals surface area (Å²) in [5.74, 6) is 5.01. The minimum absolute atomic E-state index is 0.223. The molecule has 2 heterocycles. The molecule has 2 aromatic heterocycles. The van der Waals surface area contributed by atoms with Gasteiger partial charge in [-0.25, -0.2) is 14.3 Å². The molecular formula is C21H25N3O2. The van der Waals surface area contributed by atoms with E-state index >= 15 is 0 Å². The topological polar surface area (TPSA) is 67.5 Å². The molecule has 0 aliphatic rings. The zero-order chi connectivity index (χ0) is 19.5. The van der Waals surface area contributed by atoms with E-state index in [0.29, 0.717) is 11.3 Å². The number of fused-ring (bicyclic) bond motifs is 1. The number of rotatable bonds is 1. The van der Waals surface area contributed by atoms with Crippen molar-refractivity contribution in [3.63, 3.8) is 0 Å². The number of carboxylic acids is 1. The van der Waals surface area contributed by atoms with Crippen LogP contribution in [-0.4, -0.2) is 25.7 Å². The standard InChI is InChI=1S/C16H11N3O2.C3H8.C2H6/c1-11-4-5-13(16(20)21)9-12(11)6-7-14-10-17-15-3-2-8-18-19(14)15;1-3-2;1-2/h2-5,8-10H,1H3,(H,20,21);3H2,1-2H3;1-2H3. The average Bonchev–Trinajstić information content (AvgIpc) is 3.06. The molecule has 0 atom stereocenters. The van der Waals surface area contributed by atoms with Crippen LogP contribution in [0.2, 0.25) is 0 Å². The van der Waals surface area contributed by atoms with Gasteiger partial charge in [-0.3, -0.25) is 0 Å². The quantitative estimate of drug-likeness (QED) is 0.652. The Morgan fingerprint density at radius 2 is 1.88 bits per heavy atom. The van der Waals surface area contributed by atoms with Gasteiger partial charge in [-0.15, -0.1) is 0 Å². The second-order valence-electron chi connectivity index (χ2n) is 5.23. The van der Waals surface area contributed by atoms with E-state index in [9.17, 15) is 4.79 Å². The molecule has 0 spiro atoms. The van der Waals surface area contributed by atoms with Gasteiger partial charge in [0, 0.05) is 11.8 Å². The number of imidazole rings is 1. The fraction of sp³-hybridized carbons (Fsp3) is 0.286. The zero-order valence-corrected chi connectivity index (χ0v) is 15.9. The van der Waals surface area contributed by atoms with Gasteiger partial charge >= 0.3 is 5.97 Å². The zero-order valence-electron chi connectivity index (χ0n) is 15.9. The highest BCUT2D eigenvalue weighted by molar-refractivity contribution is 5.88. The number of carbonyl (C=O) groups is 1. The normalized spacial score (nSPS) is 9.12. The van der Waals surface area contributed by atoms with Crippen LogP contribution in [0, 0.1) is 18.8 Å². The molecule has 0 radical (unpaired) electrons. The molecule has 1 N–H and O–H groups in total. The van der Waals surface area contributed by atoms with Gasteiger partial charge in [-0.2, -0.15) is 5.10 Å². The van der Waals surface area contributed by atoms with E-state index in [0.717, 1.165) is 11.2 Å². The fourth-order valence-electron chi connectivity index (χ4n) is 1.94. The second kappa shape index (κ2) is 10.7. The Morgan fingerprint density at radius 1 is 1.19 bits per heavy atom. The smallest absolute Gasteiger partial charge is 0.335 e. The highest BCUT2D eigenvalue weighted by atomic mass is 16.4. The Labute approximate surface area is 154 Å². The Bertz CT molecular complexity index is 918. The third-order valence-corrected chi connectivity index (χ3v) is 3.09. The second-order valence-corrected chi connectivity index (χ2v) is 5.23. The molecule has 0 unspecified atom stereocenters. The monoisotopic (exact) mass is 351 g/mol. The average molecular weight is 351 g/mol. The van der Waals surface area contributed by atoms with Crippen LogP contribution in [0.25, 0.3) is 5.65 Å². The van der Waals surface area contributed by atoms with Gasteiger partial charge in [-0.1, -0.05) is 46.1 Å². The van der Waals surface area contributed by atoms with Gasteiger partial charge < -0.3 is 5.11 Å². The largest absolute Gasteiger partial charge is 0.478 e. The summed E-state index contributed by atoms with van der Waals surface area (Å²) >= 11 is 0. The molecule has 3 aromatic rings. The molecule has 136 valence electrons. The van der Waals surface area contributed by atoms with E-state index in [-0.39, 0.29) is 5.56 Å². The molecule has 0 fully saturated rings. The number of hydrogen-bond acceptors (Lipinski definition) is 3. The van der Waals surface area contributed by atoms with E-state index in [4.69, 9.17) is 5.11 Å².